The Morgan fingerprint density at radius 3 is 2.36 bits per heavy atom. The van der Waals surface area contributed by atoms with E-state index in [4.69, 9.17) is 0 Å². The second kappa shape index (κ2) is 8.50. The molecule has 0 spiro atoms. The summed E-state index contributed by atoms with van der Waals surface area (Å²) in [7, 11) is 0. The van der Waals surface area contributed by atoms with Crippen LogP contribution in [0.5, 0.6) is 0 Å². The van der Waals surface area contributed by atoms with Gasteiger partial charge in [-0.15, -0.1) is 0 Å². The molecule has 1 N–H and O–H groups in total. The number of anilines is 2. The zero-order valence-corrected chi connectivity index (χ0v) is 14.6. The minimum atomic E-state index is -0.954. The second-order valence-corrected chi connectivity index (χ2v) is 5.73. The molecule has 0 aliphatic carbocycles. The number of carbonyl (C=O) groups is 1. The Hall–Kier alpha value is -2.57. The molecule has 0 radical (unpaired) electrons. The lowest BCUT2D eigenvalue weighted by molar-refractivity contribution is 0.0749. The van der Waals surface area contributed by atoms with Crippen molar-refractivity contribution in [1.82, 2.24) is 14.9 Å². The fraction of sp³-hybridized carbons (Fsp3) is 0.389. The number of aryl methyl sites for hydroxylation is 1. The lowest BCUT2D eigenvalue weighted by Gasteiger charge is -2.21. The summed E-state index contributed by atoms with van der Waals surface area (Å²) >= 11 is 0. The average molecular weight is 348 g/mol. The highest BCUT2D eigenvalue weighted by Gasteiger charge is 2.17. The molecule has 25 heavy (non-hydrogen) atoms. The van der Waals surface area contributed by atoms with Crippen LogP contribution in [0.1, 0.15) is 43.0 Å². The van der Waals surface area contributed by atoms with Gasteiger partial charge in [0.25, 0.3) is 5.91 Å². The van der Waals surface area contributed by atoms with Gasteiger partial charge in [0.1, 0.15) is 17.3 Å². The van der Waals surface area contributed by atoms with Crippen LogP contribution in [0.4, 0.5) is 20.3 Å². The molecule has 1 aromatic heterocycles. The molecular formula is C18H22F2N4O. The summed E-state index contributed by atoms with van der Waals surface area (Å²) in [4.78, 5) is 22.9. The Labute approximate surface area is 146 Å². The quantitative estimate of drug-likeness (QED) is 0.819. The maximum absolute atomic E-state index is 13.3. The Morgan fingerprint density at radius 2 is 1.76 bits per heavy atom. The third-order valence-corrected chi connectivity index (χ3v) is 3.52. The molecule has 0 saturated carbocycles. The van der Waals surface area contributed by atoms with E-state index in [1.807, 2.05) is 13.8 Å². The largest absolute Gasteiger partial charge is 0.340 e. The smallest absolute Gasteiger partial charge is 0.272 e. The molecule has 0 bridgehead atoms. The van der Waals surface area contributed by atoms with Crippen LogP contribution >= 0.6 is 0 Å². The maximum atomic E-state index is 13.3. The van der Waals surface area contributed by atoms with E-state index in [1.54, 1.807) is 11.8 Å². The molecule has 0 aliphatic heterocycles. The van der Waals surface area contributed by atoms with Gasteiger partial charge >= 0.3 is 0 Å². The van der Waals surface area contributed by atoms with Gasteiger partial charge in [0.05, 0.1) is 0 Å². The highest BCUT2D eigenvalue weighted by Crippen LogP contribution is 2.19. The van der Waals surface area contributed by atoms with Crippen molar-refractivity contribution in [2.24, 2.45) is 0 Å². The maximum Gasteiger partial charge on any atom is 0.272 e. The van der Waals surface area contributed by atoms with Gasteiger partial charge in [-0.2, -0.15) is 0 Å². The van der Waals surface area contributed by atoms with Gasteiger partial charge in [-0.25, -0.2) is 18.7 Å². The monoisotopic (exact) mass is 348 g/mol. The Morgan fingerprint density at radius 1 is 1.08 bits per heavy atom. The van der Waals surface area contributed by atoms with E-state index >= 15 is 0 Å². The first-order valence-electron chi connectivity index (χ1n) is 8.31. The summed E-state index contributed by atoms with van der Waals surface area (Å²) in [6.07, 6.45) is 1.71. The lowest BCUT2D eigenvalue weighted by atomic mass is 10.2. The van der Waals surface area contributed by atoms with Crippen molar-refractivity contribution in [2.45, 2.75) is 33.6 Å². The van der Waals surface area contributed by atoms with Crippen LogP contribution in [0.25, 0.3) is 0 Å². The van der Waals surface area contributed by atoms with E-state index in [-0.39, 0.29) is 11.6 Å². The SMILES string of the molecule is CCCN(CCC)C(=O)c1cc(Nc2ccc(F)c(F)c2)nc(C)n1. The third-order valence-electron chi connectivity index (χ3n) is 3.52. The van der Waals surface area contributed by atoms with E-state index < -0.39 is 11.6 Å². The van der Waals surface area contributed by atoms with Crippen molar-refractivity contribution in [2.75, 3.05) is 18.4 Å². The first-order valence-corrected chi connectivity index (χ1v) is 8.31. The minimum absolute atomic E-state index is 0.164. The van der Waals surface area contributed by atoms with Gasteiger partial charge in [-0.3, -0.25) is 4.79 Å². The Kier molecular flexibility index (Phi) is 6.38. The molecule has 0 aliphatic rings. The van der Waals surface area contributed by atoms with E-state index in [2.05, 4.69) is 15.3 Å². The number of benzene rings is 1. The number of carbonyl (C=O) groups excluding carboxylic acids is 1. The molecule has 1 heterocycles. The number of aromatic nitrogens is 2. The molecule has 0 saturated heterocycles. The van der Waals surface area contributed by atoms with E-state index in [0.29, 0.717) is 30.4 Å². The number of nitrogens with zero attached hydrogens (tertiary/aromatic N) is 3. The van der Waals surface area contributed by atoms with Crippen LogP contribution in [0.3, 0.4) is 0 Å². The number of amides is 1. The summed E-state index contributed by atoms with van der Waals surface area (Å²) in [5, 5.41) is 2.88. The van der Waals surface area contributed by atoms with E-state index in [1.165, 1.54) is 12.1 Å². The van der Waals surface area contributed by atoms with Crippen LogP contribution in [-0.2, 0) is 0 Å². The highest BCUT2D eigenvalue weighted by molar-refractivity contribution is 5.93. The first kappa shape index (κ1) is 18.8. The molecule has 2 aromatic rings. The molecule has 1 aromatic carbocycles. The van der Waals surface area contributed by atoms with Gasteiger partial charge in [0, 0.05) is 30.9 Å². The van der Waals surface area contributed by atoms with Crippen molar-refractivity contribution in [3.05, 3.63) is 47.4 Å². The van der Waals surface area contributed by atoms with Crippen molar-refractivity contribution >= 4 is 17.4 Å². The third kappa shape index (κ3) is 4.95. The van der Waals surface area contributed by atoms with Crippen LogP contribution in [0.15, 0.2) is 24.3 Å². The summed E-state index contributed by atoms with van der Waals surface area (Å²) in [6, 6.07) is 4.99. The molecule has 7 heteroatoms. The van der Waals surface area contributed by atoms with Crippen LogP contribution in [0.2, 0.25) is 0 Å². The summed E-state index contributed by atoms with van der Waals surface area (Å²) < 4.78 is 26.4. The first-order chi connectivity index (χ1) is 11.9. The van der Waals surface area contributed by atoms with Gasteiger partial charge in [-0.05, 0) is 31.9 Å². The second-order valence-electron chi connectivity index (χ2n) is 5.73. The fourth-order valence-corrected chi connectivity index (χ4v) is 2.48. The van der Waals surface area contributed by atoms with E-state index in [0.717, 1.165) is 25.0 Å². The normalized spacial score (nSPS) is 10.6. The Balaban J connectivity index is 2.26. The fourth-order valence-electron chi connectivity index (χ4n) is 2.48. The molecule has 1 amide bonds. The van der Waals surface area contributed by atoms with Crippen molar-refractivity contribution in [3.63, 3.8) is 0 Å². The van der Waals surface area contributed by atoms with Crippen LogP contribution in [-0.4, -0.2) is 33.9 Å². The Bertz CT molecular complexity index is 746. The summed E-state index contributed by atoms with van der Waals surface area (Å²) in [6.45, 7) is 7.01. The summed E-state index contributed by atoms with van der Waals surface area (Å²) in [5.41, 5.74) is 0.619. The highest BCUT2D eigenvalue weighted by atomic mass is 19.2. The molecule has 0 fully saturated rings. The number of nitrogens with one attached hydrogen (secondary N) is 1. The van der Waals surface area contributed by atoms with Crippen LogP contribution in [0, 0.1) is 18.6 Å². The molecule has 2 rings (SSSR count). The van der Waals surface area contributed by atoms with Gasteiger partial charge in [-0.1, -0.05) is 13.8 Å². The van der Waals surface area contributed by atoms with Crippen molar-refractivity contribution < 1.29 is 13.6 Å². The predicted octanol–water partition coefficient (Wildman–Crippen LogP) is 4.07. The molecular weight excluding hydrogens is 326 g/mol. The van der Waals surface area contributed by atoms with Crippen molar-refractivity contribution in [3.8, 4) is 0 Å². The van der Waals surface area contributed by atoms with Gasteiger partial charge < -0.3 is 10.2 Å². The zero-order chi connectivity index (χ0) is 18.4. The van der Waals surface area contributed by atoms with Crippen LogP contribution < -0.4 is 5.32 Å². The lowest BCUT2D eigenvalue weighted by Crippen LogP contribution is -2.33. The standard InChI is InChI=1S/C18H22F2N4O/c1-4-8-24(9-5-2)18(25)16-11-17(22-12(3)21-16)23-13-6-7-14(19)15(20)10-13/h6-7,10-11H,4-5,8-9H2,1-3H3,(H,21,22,23). The zero-order valence-electron chi connectivity index (χ0n) is 14.6. The predicted molar refractivity (Wildman–Crippen MR) is 92.9 cm³/mol. The number of hydrogen-bond acceptors (Lipinski definition) is 4. The van der Waals surface area contributed by atoms with Crippen molar-refractivity contribution in [1.29, 1.82) is 0 Å². The number of halogens is 2. The van der Waals surface area contributed by atoms with Gasteiger partial charge in [0.2, 0.25) is 0 Å². The van der Waals surface area contributed by atoms with E-state index in [9.17, 15) is 13.6 Å². The van der Waals surface area contributed by atoms with Gasteiger partial charge in [0.15, 0.2) is 11.6 Å². The number of rotatable bonds is 7. The summed E-state index contributed by atoms with van der Waals surface area (Å²) in [5.74, 6) is -1.26. The molecule has 134 valence electrons. The topological polar surface area (TPSA) is 58.1 Å². The molecule has 0 atom stereocenters. The minimum Gasteiger partial charge on any atom is -0.340 e. The average Bonchev–Trinajstić information content (AvgIpc) is 2.57. The number of hydrogen-bond donors (Lipinski definition) is 1. The molecule has 5 nitrogen and oxygen atoms in total. The molecule has 0 unspecified atom stereocenters.